The highest BCUT2D eigenvalue weighted by molar-refractivity contribution is 8.13. The molecule has 184 valence electrons. The van der Waals surface area contributed by atoms with Crippen molar-refractivity contribution in [3.05, 3.63) is 58.0 Å². The second-order valence-electron chi connectivity index (χ2n) is 7.25. The minimum absolute atomic E-state index is 0.00486. The Morgan fingerprint density at radius 2 is 1.76 bits per heavy atom. The third kappa shape index (κ3) is 8.63. The largest absolute Gasteiger partial charge is 0.519 e. The molecule has 13 heteroatoms. The van der Waals surface area contributed by atoms with Crippen molar-refractivity contribution in [1.82, 2.24) is 5.32 Å². The van der Waals surface area contributed by atoms with Crippen LogP contribution in [0.2, 0.25) is 0 Å². The van der Waals surface area contributed by atoms with E-state index in [2.05, 4.69) is 22.4 Å². The maximum absolute atomic E-state index is 12.5. The maximum atomic E-state index is 12.5. The first-order chi connectivity index (χ1) is 16.0. The molecule has 0 radical (unpaired) electrons. The van der Waals surface area contributed by atoms with E-state index in [0.717, 1.165) is 0 Å². The molecule has 1 amide bonds. The van der Waals surface area contributed by atoms with Crippen LogP contribution >= 0.6 is 24.4 Å². The number of nitrogens with one attached hydrogen (secondary N) is 1. The molecule has 1 heterocycles. The second kappa shape index (κ2) is 12.3. The van der Waals surface area contributed by atoms with Crippen molar-refractivity contribution in [3.8, 4) is 0 Å². The van der Waals surface area contributed by atoms with Gasteiger partial charge in [-0.15, -0.1) is 0 Å². The van der Waals surface area contributed by atoms with E-state index in [0.29, 0.717) is 11.8 Å². The molecule has 0 aliphatic heterocycles. The summed E-state index contributed by atoms with van der Waals surface area (Å²) in [6.45, 7) is 3.42. The highest BCUT2D eigenvalue weighted by atomic mass is 32.2. The summed E-state index contributed by atoms with van der Waals surface area (Å²) in [7, 11) is 0. The Balaban J connectivity index is 1.89. The monoisotopic (exact) mass is 513 g/mol. The molecule has 0 spiro atoms. The van der Waals surface area contributed by atoms with E-state index < -0.39 is 53.2 Å². The Morgan fingerprint density at radius 3 is 2.35 bits per heavy atom. The van der Waals surface area contributed by atoms with Gasteiger partial charge < -0.3 is 28.4 Å². The molecule has 1 atom stereocenters. The van der Waals surface area contributed by atoms with Crippen LogP contribution in [0.3, 0.4) is 0 Å². The standard InChI is InChI=1S/C21H23NO10S2/c1-12-15(32-19(26)31-12)9-28-17(24)14(22-18(25)21(2,3)33)10-34-20(27)30-11-29-16(23)13-7-5-4-6-8-13/h4-8,14,33H,9-11H2,1-3H3,(H,22,25)/t14-/m0/s1. The van der Waals surface area contributed by atoms with Gasteiger partial charge in [0.2, 0.25) is 12.7 Å². The number of thioether (sulfide) groups is 1. The third-order valence-corrected chi connectivity index (χ3v) is 5.13. The molecule has 1 aromatic heterocycles. The van der Waals surface area contributed by atoms with Gasteiger partial charge in [0.1, 0.15) is 6.04 Å². The fourth-order valence-electron chi connectivity index (χ4n) is 2.23. The van der Waals surface area contributed by atoms with Gasteiger partial charge in [-0.3, -0.25) is 4.79 Å². The number of hydrogen-bond acceptors (Lipinski definition) is 12. The van der Waals surface area contributed by atoms with Crippen LogP contribution in [0, 0.1) is 6.92 Å². The topological polar surface area (TPSA) is 151 Å². The van der Waals surface area contributed by atoms with Gasteiger partial charge in [0, 0.05) is 5.75 Å². The quantitative estimate of drug-likeness (QED) is 0.274. The van der Waals surface area contributed by atoms with E-state index in [1.807, 2.05) is 0 Å². The fraction of sp³-hybridized carbons (Fsp3) is 0.381. The second-order valence-corrected chi connectivity index (χ2v) is 9.32. The molecule has 2 aromatic rings. The maximum Gasteiger partial charge on any atom is 0.519 e. The Morgan fingerprint density at radius 1 is 1.09 bits per heavy atom. The summed E-state index contributed by atoms with van der Waals surface area (Å²) < 4.78 is 23.1. The molecule has 11 nitrogen and oxygen atoms in total. The lowest BCUT2D eigenvalue weighted by atomic mass is 10.2. The Bertz CT molecular complexity index is 1070. The normalized spacial score (nSPS) is 11.9. The van der Waals surface area contributed by atoms with Crippen LogP contribution in [0.1, 0.15) is 35.7 Å². The average Bonchev–Trinajstić information content (AvgIpc) is 3.11. The van der Waals surface area contributed by atoms with Crippen molar-refractivity contribution >= 4 is 47.5 Å². The fourth-order valence-corrected chi connectivity index (χ4v) is 2.95. The molecule has 1 aromatic carbocycles. The summed E-state index contributed by atoms with van der Waals surface area (Å²) in [6, 6.07) is 6.85. The lowest BCUT2D eigenvalue weighted by Gasteiger charge is -2.22. The number of esters is 2. The number of hydrogen-bond donors (Lipinski definition) is 2. The lowest BCUT2D eigenvalue weighted by Crippen LogP contribution is -2.49. The Labute approximate surface area is 203 Å². The van der Waals surface area contributed by atoms with Gasteiger partial charge in [-0.05, 0) is 44.7 Å². The molecule has 34 heavy (non-hydrogen) atoms. The van der Waals surface area contributed by atoms with Crippen LogP contribution in [0.15, 0.2) is 44.0 Å². The molecule has 2 rings (SSSR count). The summed E-state index contributed by atoms with van der Waals surface area (Å²) >= 11 is 4.71. The summed E-state index contributed by atoms with van der Waals surface area (Å²) in [5.41, 5.74) is 0.287. The van der Waals surface area contributed by atoms with Gasteiger partial charge in [-0.2, -0.15) is 12.6 Å². The summed E-state index contributed by atoms with van der Waals surface area (Å²) in [5, 5.41) is 1.59. The van der Waals surface area contributed by atoms with E-state index in [4.69, 9.17) is 18.6 Å². The minimum Gasteiger partial charge on any atom is -0.456 e. The first kappa shape index (κ1) is 27.1. The Kier molecular flexibility index (Phi) is 9.81. The zero-order valence-corrected chi connectivity index (χ0v) is 20.2. The highest BCUT2D eigenvalue weighted by Crippen LogP contribution is 2.15. The zero-order chi connectivity index (χ0) is 25.3. The molecule has 0 bridgehead atoms. The lowest BCUT2D eigenvalue weighted by molar-refractivity contribution is -0.149. The molecular formula is C21H23NO10S2. The van der Waals surface area contributed by atoms with E-state index in [1.54, 1.807) is 18.2 Å². The number of benzene rings is 1. The molecule has 0 saturated heterocycles. The molecular weight excluding hydrogens is 490 g/mol. The van der Waals surface area contributed by atoms with Crippen molar-refractivity contribution in [2.45, 2.75) is 38.2 Å². The predicted octanol–water partition coefficient (Wildman–Crippen LogP) is 2.46. The SMILES string of the molecule is Cc1oc(=O)oc1COC(=O)[C@H](CSC(=O)OCOC(=O)c1ccccc1)NC(=O)C(C)(C)S. The zero-order valence-electron chi connectivity index (χ0n) is 18.5. The third-order valence-electron chi connectivity index (χ3n) is 4.07. The van der Waals surface area contributed by atoms with E-state index >= 15 is 0 Å². The van der Waals surface area contributed by atoms with E-state index in [1.165, 1.54) is 32.9 Å². The summed E-state index contributed by atoms with van der Waals surface area (Å²) in [4.78, 5) is 59.8. The number of thiol groups is 1. The van der Waals surface area contributed by atoms with Gasteiger partial charge in [0.25, 0.3) is 0 Å². The smallest absolute Gasteiger partial charge is 0.456 e. The van der Waals surface area contributed by atoms with Gasteiger partial charge in [-0.1, -0.05) is 18.2 Å². The molecule has 0 fully saturated rings. The average molecular weight is 514 g/mol. The van der Waals surface area contributed by atoms with Crippen molar-refractivity contribution in [2.24, 2.45) is 0 Å². The van der Waals surface area contributed by atoms with Crippen molar-refractivity contribution in [2.75, 3.05) is 12.5 Å². The molecule has 0 unspecified atom stereocenters. The van der Waals surface area contributed by atoms with Crippen molar-refractivity contribution < 1.29 is 42.2 Å². The van der Waals surface area contributed by atoms with E-state index in [9.17, 15) is 24.0 Å². The first-order valence-electron chi connectivity index (χ1n) is 9.78. The minimum atomic E-state index is -1.26. The van der Waals surface area contributed by atoms with Crippen LogP contribution < -0.4 is 11.1 Å². The van der Waals surface area contributed by atoms with Crippen LogP contribution in [-0.2, 0) is 30.4 Å². The predicted molar refractivity (Wildman–Crippen MR) is 122 cm³/mol. The van der Waals surface area contributed by atoms with Crippen molar-refractivity contribution in [1.29, 1.82) is 0 Å². The van der Waals surface area contributed by atoms with Gasteiger partial charge >= 0.3 is 23.1 Å². The van der Waals surface area contributed by atoms with Crippen LogP contribution in [0.4, 0.5) is 4.79 Å². The molecule has 0 saturated carbocycles. The number of carbonyl (C=O) groups is 4. The first-order valence-corrected chi connectivity index (χ1v) is 11.2. The molecule has 0 aliphatic rings. The molecule has 0 aliphatic carbocycles. The number of carbonyl (C=O) groups excluding carboxylic acids is 4. The Hall–Kier alpha value is -3.19. The number of aryl methyl sites for hydroxylation is 1. The van der Waals surface area contributed by atoms with Gasteiger partial charge in [0.15, 0.2) is 18.1 Å². The van der Waals surface area contributed by atoms with Crippen LogP contribution in [0.5, 0.6) is 0 Å². The summed E-state index contributed by atoms with van der Waals surface area (Å²) in [6.07, 6.45) is 0. The highest BCUT2D eigenvalue weighted by Gasteiger charge is 2.30. The van der Waals surface area contributed by atoms with E-state index in [-0.39, 0.29) is 22.8 Å². The number of amides is 1. The van der Waals surface area contributed by atoms with Gasteiger partial charge in [0.05, 0.1) is 10.3 Å². The van der Waals surface area contributed by atoms with Crippen LogP contribution in [-0.4, -0.2) is 46.5 Å². The van der Waals surface area contributed by atoms with Crippen molar-refractivity contribution in [3.63, 3.8) is 0 Å². The number of ether oxygens (including phenoxy) is 3. The van der Waals surface area contributed by atoms with Gasteiger partial charge in [-0.25, -0.2) is 19.2 Å². The van der Waals surface area contributed by atoms with Crippen LogP contribution in [0.25, 0.3) is 0 Å². The summed E-state index contributed by atoms with van der Waals surface area (Å²) in [5.74, 6) is -3.22. The molecule has 1 N–H and O–H groups in total. The number of rotatable bonds is 10.